The van der Waals surface area contributed by atoms with Gasteiger partial charge in [0.05, 0.1) is 13.0 Å². The van der Waals surface area contributed by atoms with Crippen molar-refractivity contribution < 1.29 is 14.6 Å². The van der Waals surface area contributed by atoms with Gasteiger partial charge in [0.1, 0.15) is 6.23 Å². The molecule has 0 aliphatic carbocycles. The number of carbonyl (C=O) groups is 1. The minimum absolute atomic E-state index is 0.0141. The molecule has 0 aromatic rings. The molecule has 0 fully saturated rings. The average molecular weight is 175 g/mol. The van der Waals surface area contributed by atoms with Gasteiger partial charge in [-0.2, -0.15) is 0 Å². The van der Waals surface area contributed by atoms with Crippen LogP contribution in [0.2, 0.25) is 0 Å². The molecule has 0 radical (unpaired) electrons. The molecule has 0 aromatic heterocycles. The van der Waals surface area contributed by atoms with Gasteiger partial charge in [0.15, 0.2) is 0 Å². The van der Waals surface area contributed by atoms with E-state index in [1.807, 2.05) is 6.92 Å². The van der Waals surface area contributed by atoms with E-state index in [-0.39, 0.29) is 12.4 Å². The molecular formula is C8H17NO3. The van der Waals surface area contributed by atoms with Crippen LogP contribution in [0.3, 0.4) is 0 Å². The largest absolute Gasteiger partial charge is 0.466 e. The van der Waals surface area contributed by atoms with Crippen molar-refractivity contribution in [2.24, 2.45) is 0 Å². The van der Waals surface area contributed by atoms with Gasteiger partial charge in [0, 0.05) is 0 Å². The second kappa shape index (κ2) is 7.06. The summed E-state index contributed by atoms with van der Waals surface area (Å²) >= 11 is 0. The molecule has 0 rings (SSSR count). The van der Waals surface area contributed by atoms with E-state index in [1.165, 1.54) is 0 Å². The van der Waals surface area contributed by atoms with Gasteiger partial charge in [0.2, 0.25) is 0 Å². The van der Waals surface area contributed by atoms with Crippen LogP contribution in [-0.2, 0) is 9.53 Å². The summed E-state index contributed by atoms with van der Waals surface area (Å²) in [7, 11) is 1.59. The standard InChI is InChI=1S/C8H17NO3/c1-3-4-5-12-8(11)6-7(10)9-2/h7,9-10H,3-6H2,1-2H3. The van der Waals surface area contributed by atoms with Gasteiger partial charge in [-0.3, -0.25) is 10.1 Å². The Hall–Kier alpha value is -0.610. The number of rotatable bonds is 6. The predicted octanol–water partition coefficient (Wildman–Crippen LogP) is 0.258. The quantitative estimate of drug-likeness (QED) is 0.345. The minimum Gasteiger partial charge on any atom is -0.466 e. The highest BCUT2D eigenvalue weighted by Gasteiger charge is 2.08. The number of carbonyl (C=O) groups excluding carboxylic acids is 1. The zero-order valence-electron chi connectivity index (χ0n) is 7.67. The lowest BCUT2D eigenvalue weighted by Crippen LogP contribution is -2.28. The molecule has 4 heteroatoms. The number of hydrogen-bond acceptors (Lipinski definition) is 4. The van der Waals surface area contributed by atoms with Crippen LogP contribution in [-0.4, -0.2) is 31.0 Å². The van der Waals surface area contributed by atoms with Crippen LogP contribution >= 0.6 is 0 Å². The molecule has 1 unspecified atom stereocenters. The Balaban J connectivity index is 3.33. The number of nitrogens with one attached hydrogen (secondary N) is 1. The van der Waals surface area contributed by atoms with Gasteiger partial charge >= 0.3 is 5.97 Å². The number of unbranched alkanes of at least 4 members (excludes halogenated alkanes) is 1. The summed E-state index contributed by atoms with van der Waals surface area (Å²) in [5, 5.41) is 11.5. The molecule has 0 aliphatic rings. The second-order valence-corrected chi connectivity index (χ2v) is 2.58. The van der Waals surface area contributed by atoms with Crippen molar-refractivity contribution in [3.05, 3.63) is 0 Å². The first kappa shape index (κ1) is 11.4. The van der Waals surface area contributed by atoms with Crippen molar-refractivity contribution in [1.82, 2.24) is 5.32 Å². The number of ether oxygens (including phenoxy) is 1. The Kier molecular flexibility index (Phi) is 6.70. The normalized spacial score (nSPS) is 12.6. The van der Waals surface area contributed by atoms with Gasteiger partial charge in [-0.15, -0.1) is 0 Å². The zero-order valence-corrected chi connectivity index (χ0v) is 7.67. The van der Waals surface area contributed by atoms with Crippen LogP contribution in [0.25, 0.3) is 0 Å². The Bertz CT molecular complexity index is 127. The number of hydrogen-bond donors (Lipinski definition) is 2. The van der Waals surface area contributed by atoms with Crippen molar-refractivity contribution in [3.8, 4) is 0 Å². The van der Waals surface area contributed by atoms with Crippen LogP contribution in [0.4, 0.5) is 0 Å². The molecule has 72 valence electrons. The highest BCUT2D eigenvalue weighted by atomic mass is 16.5. The minimum atomic E-state index is -0.792. The third-order valence-electron chi connectivity index (χ3n) is 1.45. The van der Waals surface area contributed by atoms with E-state index in [0.717, 1.165) is 12.8 Å². The van der Waals surface area contributed by atoms with E-state index >= 15 is 0 Å². The summed E-state index contributed by atoms with van der Waals surface area (Å²) in [6.07, 6.45) is 1.10. The van der Waals surface area contributed by atoms with Crippen molar-refractivity contribution in [1.29, 1.82) is 0 Å². The molecule has 0 aromatic carbocycles. The molecule has 0 aliphatic heterocycles. The SMILES string of the molecule is CCCCOC(=O)CC(O)NC. The van der Waals surface area contributed by atoms with Crippen molar-refractivity contribution >= 4 is 5.97 Å². The summed E-state index contributed by atoms with van der Waals surface area (Å²) < 4.78 is 4.82. The Morgan fingerprint density at radius 3 is 2.83 bits per heavy atom. The van der Waals surface area contributed by atoms with Gasteiger partial charge in [-0.1, -0.05) is 13.3 Å². The maximum atomic E-state index is 10.9. The summed E-state index contributed by atoms with van der Waals surface area (Å²) in [4.78, 5) is 10.9. The van der Waals surface area contributed by atoms with Crippen LogP contribution in [0.1, 0.15) is 26.2 Å². The number of aliphatic hydroxyl groups excluding tert-OH is 1. The molecular weight excluding hydrogens is 158 g/mol. The molecule has 0 amide bonds. The smallest absolute Gasteiger partial charge is 0.309 e. The Morgan fingerprint density at radius 2 is 2.33 bits per heavy atom. The first-order valence-corrected chi connectivity index (χ1v) is 4.21. The van der Waals surface area contributed by atoms with E-state index in [2.05, 4.69) is 5.32 Å². The molecule has 12 heavy (non-hydrogen) atoms. The lowest BCUT2D eigenvalue weighted by molar-refractivity contribution is -0.146. The fourth-order valence-electron chi connectivity index (χ4n) is 0.649. The molecule has 0 heterocycles. The maximum Gasteiger partial charge on any atom is 0.309 e. The van der Waals surface area contributed by atoms with Gasteiger partial charge in [0.25, 0.3) is 0 Å². The highest BCUT2D eigenvalue weighted by molar-refractivity contribution is 5.69. The third kappa shape index (κ3) is 6.12. The van der Waals surface area contributed by atoms with Crippen LogP contribution in [0, 0.1) is 0 Å². The lowest BCUT2D eigenvalue weighted by atomic mass is 10.3. The Morgan fingerprint density at radius 1 is 1.67 bits per heavy atom. The zero-order chi connectivity index (χ0) is 9.40. The number of esters is 1. The monoisotopic (exact) mass is 175 g/mol. The predicted molar refractivity (Wildman–Crippen MR) is 45.6 cm³/mol. The van der Waals surface area contributed by atoms with Gasteiger partial charge in [-0.05, 0) is 13.5 Å². The molecule has 1 atom stereocenters. The van der Waals surface area contributed by atoms with E-state index in [1.54, 1.807) is 7.05 Å². The van der Waals surface area contributed by atoms with E-state index in [9.17, 15) is 4.79 Å². The fraction of sp³-hybridized carbons (Fsp3) is 0.875. The van der Waals surface area contributed by atoms with E-state index in [4.69, 9.17) is 9.84 Å². The Labute approximate surface area is 72.9 Å². The molecule has 0 saturated heterocycles. The molecule has 0 bridgehead atoms. The maximum absolute atomic E-state index is 10.9. The molecule has 0 spiro atoms. The molecule has 0 saturated carbocycles. The first-order valence-electron chi connectivity index (χ1n) is 4.21. The summed E-state index contributed by atoms with van der Waals surface area (Å²) in [5.41, 5.74) is 0. The van der Waals surface area contributed by atoms with Crippen molar-refractivity contribution in [3.63, 3.8) is 0 Å². The fourth-order valence-corrected chi connectivity index (χ4v) is 0.649. The topological polar surface area (TPSA) is 58.6 Å². The van der Waals surface area contributed by atoms with Crippen LogP contribution in [0.5, 0.6) is 0 Å². The second-order valence-electron chi connectivity index (χ2n) is 2.58. The third-order valence-corrected chi connectivity index (χ3v) is 1.45. The summed E-state index contributed by atoms with van der Waals surface area (Å²) in [6, 6.07) is 0. The van der Waals surface area contributed by atoms with Crippen LogP contribution in [0.15, 0.2) is 0 Å². The molecule has 2 N–H and O–H groups in total. The lowest BCUT2D eigenvalue weighted by Gasteiger charge is -2.08. The van der Waals surface area contributed by atoms with Crippen LogP contribution < -0.4 is 5.32 Å². The first-order chi connectivity index (χ1) is 5.70. The average Bonchev–Trinajstić information content (AvgIpc) is 2.05. The summed E-state index contributed by atoms with van der Waals surface area (Å²) in [6.45, 7) is 2.47. The van der Waals surface area contributed by atoms with E-state index in [0.29, 0.717) is 6.61 Å². The van der Waals surface area contributed by atoms with Gasteiger partial charge < -0.3 is 9.84 Å². The van der Waals surface area contributed by atoms with Crippen molar-refractivity contribution in [2.75, 3.05) is 13.7 Å². The van der Waals surface area contributed by atoms with Crippen molar-refractivity contribution in [2.45, 2.75) is 32.4 Å². The highest BCUT2D eigenvalue weighted by Crippen LogP contribution is 1.93. The number of aliphatic hydroxyl groups is 1. The molecule has 4 nitrogen and oxygen atoms in total. The van der Waals surface area contributed by atoms with E-state index < -0.39 is 6.23 Å². The van der Waals surface area contributed by atoms with Gasteiger partial charge in [-0.25, -0.2) is 0 Å². The summed E-state index contributed by atoms with van der Waals surface area (Å²) in [5.74, 6) is -0.356.